The molecule has 1 saturated heterocycles. The van der Waals surface area contributed by atoms with Crippen LogP contribution in [0.3, 0.4) is 0 Å². The first-order valence-corrected chi connectivity index (χ1v) is 10.7. The van der Waals surface area contributed by atoms with Crippen LogP contribution < -0.4 is 0 Å². The fourth-order valence-corrected chi connectivity index (χ4v) is 5.77. The molecule has 1 fully saturated rings. The maximum Gasteiger partial charge on any atom is 0.105 e. The lowest BCUT2D eigenvalue weighted by molar-refractivity contribution is -0.957. The standard InChI is InChI=1S/C27H26N/c1-6-16-28(17-7-1)18-22-14-12-20-8-2-4-10-24(20)26(22)27-23(19-28)15-13-21-9-3-5-11-25(21)27/h2-5,8-15H,1,6-7,16-19H2/q+1. The molecule has 1 heteroatoms. The van der Waals surface area contributed by atoms with E-state index in [0.29, 0.717) is 0 Å². The van der Waals surface area contributed by atoms with Gasteiger partial charge in [-0.1, -0.05) is 72.8 Å². The van der Waals surface area contributed by atoms with Crippen LogP contribution >= 0.6 is 0 Å². The highest BCUT2D eigenvalue weighted by atomic mass is 15.4. The molecule has 2 heterocycles. The third-order valence-electron chi connectivity index (χ3n) is 7.06. The maximum atomic E-state index is 2.42. The second kappa shape index (κ2) is 6.18. The molecule has 138 valence electrons. The van der Waals surface area contributed by atoms with E-state index in [0.717, 1.165) is 0 Å². The van der Waals surface area contributed by atoms with Crippen LogP contribution in [0.5, 0.6) is 0 Å². The van der Waals surface area contributed by atoms with Crippen molar-refractivity contribution in [3.63, 3.8) is 0 Å². The van der Waals surface area contributed by atoms with E-state index in [1.54, 1.807) is 0 Å². The van der Waals surface area contributed by atoms with Crippen LogP contribution in [0.25, 0.3) is 32.7 Å². The minimum absolute atomic E-state index is 1.17. The summed E-state index contributed by atoms with van der Waals surface area (Å²) in [5.41, 5.74) is 6.06. The monoisotopic (exact) mass is 364 g/mol. The van der Waals surface area contributed by atoms with Crippen molar-refractivity contribution in [2.24, 2.45) is 0 Å². The van der Waals surface area contributed by atoms with Gasteiger partial charge in [-0.25, -0.2) is 0 Å². The van der Waals surface area contributed by atoms with E-state index in [-0.39, 0.29) is 0 Å². The molecule has 1 spiro atoms. The van der Waals surface area contributed by atoms with Crippen LogP contribution in [-0.4, -0.2) is 17.6 Å². The molecule has 0 N–H and O–H groups in total. The molecule has 0 unspecified atom stereocenters. The summed E-state index contributed by atoms with van der Waals surface area (Å²) in [6.45, 7) is 4.98. The van der Waals surface area contributed by atoms with Gasteiger partial charge < -0.3 is 4.48 Å². The first-order valence-electron chi connectivity index (χ1n) is 10.7. The van der Waals surface area contributed by atoms with Crippen molar-refractivity contribution in [2.45, 2.75) is 32.4 Å². The second-order valence-electron chi connectivity index (χ2n) is 8.81. The molecule has 0 amide bonds. The summed E-state index contributed by atoms with van der Waals surface area (Å²) in [6, 6.07) is 27.4. The van der Waals surface area contributed by atoms with Crippen LogP contribution in [0.4, 0.5) is 0 Å². The van der Waals surface area contributed by atoms with Crippen molar-refractivity contribution in [3.8, 4) is 11.1 Å². The zero-order valence-electron chi connectivity index (χ0n) is 16.3. The Labute approximate surface area is 166 Å². The fourth-order valence-electron chi connectivity index (χ4n) is 5.77. The molecule has 0 atom stereocenters. The topological polar surface area (TPSA) is 0 Å². The summed E-state index contributed by atoms with van der Waals surface area (Å²) in [5.74, 6) is 0. The third kappa shape index (κ3) is 2.43. The number of hydrogen-bond acceptors (Lipinski definition) is 0. The Kier molecular flexibility index (Phi) is 3.61. The molecule has 0 aromatic heterocycles. The Morgan fingerprint density at radius 1 is 0.500 bits per heavy atom. The number of piperidine rings is 1. The average Bonchev–Trinajstić information content (AvgIpc) is 2.88. The summed E-state index contributed by atoms with van der Waals surface area (Å²) in [7, 11) is 0. The fraction of sp³-hybridized carbons (Fsp3) is 0.259. The quantitative estimate of drug-likeness (QED) is 0.306. The van der Waals surface area contributed by atoms with Crippen molar-refractivity contribution in [1.82, 2.24) is 0 Å². The van der Waals surface area contributed by atoms with Crippen LogP contribution in [0.15, 0.2) is 72.8 Å². The Morgan fingerprint density at radius 3 is 1.54 bits per heavy atom. The number of nitrogens with zero attached hydrogens (tertiary/aromatic N) is 1. The van der Waals surface area contributed by atoms with Gasteiger partial charge in [0, 0.05) is 11.1 Å². The Morgan fingerprint density at radius 2 is 1.00 bits per heavy atom. The van der Waals surface area contributed by atoms with Crippen LogP contribution in [-0.2, 0) is 13.1 Å². The van der Waals surface area contributed by atoms with E-state index < -0.39 is 0 Å². The lowest BCUT2D eigenvalue weighted by atomic mass is 9.88. The Bertz CT molecular complexity index is 1110. The number of rotatable bonds is 0. The lowest BCUT2D eigenvalue weighted by Gasteiger charge is -2.41. The van der Waals surface area contributed by atoms with E-state index in [1.807, 2.05) is 0 Å². The van der Waals surface area contributed by atoms with Crippen LogP contribution in [0.1, 0.15) is 30.4 Å². The molecule has 4 aromatic rings. The molecule has 2 aliphatic rings. The van der Waals surface area contributed by atoms with Gasteiger partial charge >= 0.3 is 0 Å². The predicted octanol–water partition coefficient (Wildman–Crippen LogP) is 6.67. The Hall–Kier alpha value is -2.64. The first kappa shape index (κ1) is 16.3. The molecule has 2 aliphatic heterocycles. The largest absolute Gasteiger partial charge is 0.316 e. The third-order valence-corrected chi connectivity index (χ3v) is 7.06. The first-order chi connectivity index (χ1) is 13.8. The van der Waals surface area contributed by atoms with Gasteiger partial charge in [-0.2, -0.15) is 0 Å². The highest BCUT2D eigenvalue weighted by molar-refractivity contribution is 6.07. The van der Waals surface area contributed by atoms with Crippen LogP contribution in [0.2, 0.25) is 0 Å². The van der Waals surface area contributed by atoms with Crippen molar-refractivity contribution in [1.29, 1.82) is 0 Å². The molecular formula is C27H26N+. The van der Waals surface area contributed by atoms with Gasteiger partial charge in [-0.15, -0.1) is 0 Å². The minimum Gasteiger partial charge on any atom is -0.316 e. The SMILES string of the molecule is c1ccc2c3c(ccc2c1)C[N+]1(CCCCC1)Cc1ccc2ccccc2c1-3. The van der Waals surface area contributed by atoms with Gasteiger partial charge in [0.2, 0.25) is 0 Å². The summed E-state index contributed by atoms with van der Waals surface area (Å²) in [5, 5.41) is 5.53. The molecule has 0 bridgehead atoms. The molecular weight excluding hydrogens is 338 g/mol. The van der Waals surface area contributed by atoms with Gasteiger partial charge in [0.25, 0.3) is 0 Å². The average molecular weight is 365 g/mol. The normalized spacial score (nSPS) is 18.0. The van der Waals surface area contributed by atoms with E-state index in [2.05, 4.69) is 72.8 Å². The van der Waals surface area contributed by atoms with Gasteiger partial charge in [-0.3, -0.25) is 0 Å². The lowest BCUT2D eigenvalue weighted by Crippen LogP contribution is -2.49. The summed E-state index contributed by atoms with van der Waals surface area (Å²) in [6.07, 6.45) is 4.13. The van der Waals surface area contributed by atoms with Gasteiger partial charge in [0.1, 0.15) is 13.1 Å². The van der Waals surface area contributed by atoms with E-state index in [9.17, 15) is 0 Å². The highest BCUT2D eigenvalue weighted by Crippen LogP contribution is 2.44. The van der Waals surface area contributed by atoms with Gasteiger partial charge in [0.15, 0.2) is 0 Å². The predicted molar refractivity (Wildman–Crippen MR) is 118 cm³/mol. The molecule has 28 heavy (non-hydrogen) atoms. The highest BCUT2D eigenvalue weighted by Gasteiger charge is 2.35. The van der Waals surface area contributed by atoms with Gasteiger partial charge in [-0.05, 0) is 51.9 Å². The second-order valence-corrected chi connectivity index (χ2v) is 8.81. The van der Waals surface area contributed by atoms with E-state index in [1.165, 1.54) is 93.7 Å². The minimum atomic E-state index is 1.17. The van der Waals surface area contributed by atoms with E-state index >= 15 is 0 Å². The summed E-state index contributed by atoms with van der Waals surface area (Å²) in [4.78, 5) is 0. The van der Waals surface area contributed by atoms with Crippen molar-refractivity contribution in [2.75, 3.05) is 13.1 Å². The number of benzene rings is 4. The van der Waals surface area contributed by atoms with Crippen molar-refractivity contribution < 1.29 is 4.48 Å². The number of hydrogen-bond donors (Lipinski definition) is 0. The molecule has 1 nitrogen and oxygen atoms in total. The number of fused-ring (bicyclic) bond motifs is 7. The maximum absolute atomic E-state index is 2.42. The van der Waals surface area contributed by atoms with Crippen LogP contribution in [0, 0.1) is 0 Å². The molecule has 4 aromatic carbocycles. The number of quaternary nitrogens is 1. The molecule has 0 aliphatic carbocycles. The summed E-state index contributed by atoms with van der Waals surface area (Å²) >= 11 is 0. The summed E-state index contributed by atoms with van der Waals surface area (Å²) < 4.78 is 1.23. The molecule has 0 radical (unpaired) electrons. The van der Waals surface area contributed by atoms with Crippen molar-refractivity contribution in [3.05, 3.63) is 83.9 Å². The van der Waals surface area contributed by atoms with E-state index in [4.69, 9.17) is 0 Å². The van der Waals surface area contributed by atoms with Crippen molar-refractivity contribution >= 4 is 21.5 Å². The molecule has 0 saturated carbocycles. The molecule has 6 rings (SSSR count). The zero-order chi connectivity index (χ0) is 18.6. The smallest absolute Gasteiger partial charge is 0.105 e. The Balaban J connectivity index is 1.74. The zero-order valence-corrected chi connectivity index (χ0v) is 16.3. The van der Waals surface area contributed by atoms with Gasteiger partial charge in [0.05, 0.1) is 13.1 Å².